The van der Waals surface area contributed by atoms with E-state index in [1.165, 1.54) is 12.8 Å². The van der Waals surface area contributed by atoms with Crippen LogP contribution in [0.1, 0.15) is 32.1 Å². The van der Waals surface area contributed by atoms with Crippen molar-refractivity contribution in [3.05, 3.63) is 0 Å². The van der Waals surface area contributed by atoms with E-state index in [0.717, 1.165) is 45.4 Å². The highest BCUT2D eigenvalue weighted by Gasteiger charge is 2.28. The summed E-state index contributed by atoms with van der Waals surface area (Å²) in [5.41, 5.74) is 5.21. The van der Waals surface area contributed by atoms with Gasteiger partial charge in [0.1, 0.15) is 0 Å². The first kappa shape index (κ1) is 13.3. The van der Waals surface area contributed by atoms with Crippen molar-refractivity contribution in [2.75, 3.05) is 32.7 Å². The molecule has 2 rings (SSSR count). The maximum Gasteiger partial charge on any atom is 0.231 e. The summed E-state index contributed by atoms with van der Waals surface area (Å²) in [6.45, 7) is 3.50. The highest BCUT2D eigenvalue weighted by atomic mass is 16.2. The number of rotatable bonds is 3. The fraction of sp³-hybridized carbons (Fsp3) is 0.846. The molecule has 1 aliphatic heterocycles. The quantitative estimate of drug-likeness (QED) is 0.781. The lowest BCUT2D eigenvalue weighted by atomic mass is 10.1. The molecule has 0 atom stereocenters. The molecule has 102 valence electrons. The predicted octanol–water partition coefficient (Wildman–Crippen LogP) is 0.196. The summed E-state index contributed by atoms with van der Waals surface area (Å²) in [6, 6.07) is 0. The summed E-state index contributed by atoms with van der Waals surface area (Å²) in [7, 11) is 0. The van der Waals surface area contributed by atoms with E-state index in [9.17, 15) is 9.59 Å². The minimum Gasteiger partial charge on any atom is -0.369 e. The van der Waals surface area contributed by atoms with Gasteiger partial charge in [-0.2, -0.15) is 0 Å². The van der Waals surface area contributed by atoms with Crippen LogP contribution in [0.5, 0.6) is 0 Å². The average molecular weight is 253 g/mol. The van der Waals surface area contributed by atoms with Gasteiger partial charge in [0.15, 0.2) is 0 Å². The SMILES string of the molecule is NC(=O)CN1CCCN(C(=O)C2CCCC2)CC1. The van der Waals surface area contributed by atoms with Crippen LogP contribution in [0.2, 0.25) is 0 Å². The first-order chi connectivity index (χ1) is 8.66. The number of carbonyl (C=O) groups excluding carboxylic acids is 2. The van der Waals surface area contributed by atoms with E-state index in [1.807, 2.05) is 9.80 Å². The number of nitrogens with zero attached hydrogens (tertiary/aromatic N) is 2. The van der Waals surface area contributed by atoms with Crippen LogP contribution in [-0.2, 0) is 9.59 Å². The van der Waals surface area contributed by atoms with Crippen LogP contribution >= 0.6 is 0 Å². The summed E-state index contributed by atoms with van der Waals surface area (Å²) in [5.74, 6) is 0.298. The molecule has 0 unspecified atom stereocenters. The van der Waals surface area contributed by atoms with Crippen molar-refractivity contribution in [3.8, 4) is 0 Å². The van der Waals surface area contributed by atoms with E-state index in [1.54, 1.807) is 0 Å². The molecule has 18 heavy (non-hydrogen) atoms. The van der Waals surface area contributed by atoms with Gasteiger partial charge in [0.05, 0.1) is 6.54 Å². The van der Waals surface area contributed by atoms with Gasteiger partial charge in [-0.25, -0.2) is 0 Å². The zero-order valence-corrected chi connectivity index (χ0v) is 10.9. The lowest BCUT2D eigenvalue weighted by Gasteiger charge is -2.24. The van der Waals surface area contributed by atoms with Gasteiger partial charge in [0, 0.05) is 32.1 Å². The van der Waals surface area contributed by atoms with E-state index in [2.05, 4.69) is 0 Å². The summed E-state index contributed by atoms with van der Waals surface area (Å²) in [4.78, 5) is 27.2. The molecule has 0 radical (unpaired) electrons. The second kappa shape index (κ2) is 6.18. The van der Waals surface area contributed by atoms with Crippen LogP contribution in [0.4, 0.5) is 0 Å². The fourth-order valence-electron chi connectivity index (χ4n) is 3.00. The van der Waals surface area contributed by atoms with E-state index < -0.39 is 0 Å². The van der Waals surface area contributed by atoms with E-state index in [0.29, 0.717) is 12.5 Å². The van der Waals surface area contributed by atoms with Gasteiger partial charge in [0.2, 0.25) is 11.8 Å². The number of nitrogens with two attached hydrogens (primary N) is 1. The second-order valence-corrected chi connectivity index (χ2v) is 5.40. The number of primary amides is 1. The molecule has 1 aliphatic carbocycles. The Morgan fingerprint density at radius 2 is 1.72 bits per heavy atom. The number of hydrogen-bond donors (Lipinski definition) is 1. The zero-order valence-electron chi connectivity index (χ0n) is 10.9. The molecule has 2 N–H and O–H groups in total. The van der Waals surface area contributed by atoms with Crippen LogP contribution < -0.4 is 5.73 Å². The smallest absolute Gasteiger partial charge is 0.231 e. The number of amides is 2. The first-order valence-corrected chi connectivity index (χ1v) is 6.96. The van der Waals surface area contributed by atoms with E-state index in [-0.39, 0.29) is 11.8 Å². The number of hydrogen-bond acceptors (Lipinski definition) is 3. The third-order valence-corrected chi connectivity index (χ3v) is 3.98. The molecule has 0 spiro atoms. The van der Waals surface area contributed by atoms with E-state index in [4.69, 9.17) is 5.73 Å². The van der Waals surface area contributed by atoms with Crippen molar-refractivity contribution in [1.82, 2.24) is 9.80 Å². The molecule has 2 amide bonds. The monoisotopic (exact) mass is 253 g/mol. The summed E-state index contributed by atoms with van der Waals surface area (Å²) >= 11 is 0. The fourth-order valence-corrected chi connectivity index (χ4v) is 3.00. The van der Waals surface area contributed by atoms with Gasteiger partial charge in [-0.15, -0.1) is 0 Å². The molecule has 1 heterocycles. The second-order valence-electron chi connectivity index (χ2n) is 5.40. The van der Waals surface area contributed by atoms with Crippen LogP contribution in [0.3, 0.4) is 0 Å². The molecule has 0 aromatic heterocycles. The zero-order chi connectivity index (χ0) is 13.0. The average Bonchev–Trinajstić information content (AvgIpc) is 2.76. The van der Waals surface area contributed by atoms with Crippen molar-refractivity contribution in [2.45, 2.75) is 32.1 Å². The summed E-state index contributed by atoms with van der Waals surface area (Å²) < 4.78 is 0. The largest absolute Gasteiger partial charge is 0.369 e. The normalized spacial score (nSPS) is 23.0. The Hall–Kier alpha value is -1.10. The Kier molecular flexibility index (Phi) is 4.58. The standard InChI is InChI=1S/C13H23N3O2/c14-12(17)10-15-6-3-7-16(9-8-15)13(18)11-4-1-2-5-11/h11H,1-10H2,(H2,14,17). The maximum atomic E-state index is 12.3. The highest BCUT2D eigenvalue weighted by molar-refractivity contribution is 5.79. The molecule has 0 aromatic carbocycles. The van der Waals surface area contributed by atoms with Gasteiger partial charge < -0.3 is 10.6 Å². The molecule has 1 saturated carbocycles. The molecule has 2 aliphatic rings. The minimum absolute atomic E-state index is 0.257. The van der Waals surface area contributed by atoms with Crippen molar-refractivity contribution in [2.24, 2.45) is 11.7 Å². The van der Waals surface area contributed by atoms with Crippen molar-refractivity contribution >= 4 is 11.8 Å². The molecule has 5 heteroatoms. The van der Waals surface area contributed by atoms with Gasteiger partial charge in [-0.3, -0.25) is 14.5 Å². The Labute approximate surface area is 108 Å². The van der Waals surface area contributed by atoms with Gasteiger partial charge in [-0.05, 0) is 19.3 Å². The van der Waals surface area contributed by atoms with Crippen molar-refractivity contribution in [1.29, 1.82) is 0 Å². The van der Waals surface area contributed by atoms with Crippen molar-refractivity contribution in [3.63, 3.8) is 0 Å². The lowest BCUT2D eigenvalue weighted by Crippen LogP contribution is -2.40. The maximum absolute atomic E-state index is 12.3. The third-order valence-electron chi connectivity index (χ3n) is 3.98. The molecule has 0 bridgehead atoms. The molecular weight excluding hydrogens is 230 g/mol. The first-order valence-electron chi connectivity index (χ1n) is 6.96. The van der Waals surface area contributed by atoms with Crippen LogP contribution in [0.15, 0.2) is 0 Å². The molecule has 5 nitrogen and oxygen atoms in total. The molecular formula is C13H23N3O2. The Morgan fingerprint density at radius 1 is 1.00 bits per heavy atom. The Morgan fingerprint density at radius 3 is 2.39 bits per heavy atom. The minimum atomic E-state index is -0.287. The van der Waals surface area contributed by atoms with Crippen molar-refractivity contribution < 1.29 is 9.59 Å². The molecule has 1 saturated heterocycles. The van der Waals surface area contributed by atoms with Gasteiger partial charge >= 0.3 is 0 Å². The summed E-state index contributed by atoms with van der Waals surface area (Å²) in [5, 5.41) is 0. The molecule has 0 aromatic rings. The van der Waals surface area contributed by atoms with Crippen LogP contribution in [-0.4, -0.2) is 54.3 Å². The van der Waals surface area contributed by atoms with Crippen LogP contribution in [0.25, 0.3) is 0 Å². The lowest BCUT2D eigenvalue weighted by molar-refractivity contribution is -0.135. The summed E-state index contributed by atoms with van der Waals surface area (Å²) in [6.07, 6.45) is 5.43. The highest BCUT2D eigenvalue weighted by Crippen LogP contribution is 2.26. The topological polar surface area (TPSA) is 66.6 Å². The molecule has 2 fully saturated rings. The number of carbonyl (C=O) groups is 2. The predicted molar refractivity (Wildman–Crippen MR) is 68.8 cm³/mol. The van der Waals surface area contributed by atoms with Gasteiger partial charge in [0.25, 0.3) is 0 Å². The Balaban J connectivity index is 1.84. The Bertz CT molecular complexity index is 313. The van der Waals surface area contributed by atoms with Crippen LogP contribution in [0, 0.1) is 5.92 Å². The third kappa shape index (κ3) is 3.45. The van der Waals surface area contributed by atoms with Gasteiger partial charge in [-0.1, -0.05) is 12.8 Å². The van der Waals surface area contributed by atoms with E-state index >= 15 is 0 Å².